The van der Waals surface area contributed by atoms with E-state index in [1.54, 1.807) is 0 Å². The standard InChI is InChI=1S/CH5O2PS/c1-4(2,3)5/h1H3,(H2,2,3,5)/p-1. The zero-order chi connectivity index (χ0) is 4.50. The second-order valence-electron chi connectivity index (χ2n) is 0.803. The Bertz CT molecular complexity index is 55.8. The van der Waals surface area contributed by atoms with Gasteiger partial charge in [-0.25, -0.2) is 0 Å². The van der Waals surface area contributed by atoms with Crippen LogP contribution in [-0.2, 0) is 11.8 Å². The fraction of sp³-hybridized carbons (Fsp3) is 1.00. The summed E-state index contributed by atoms with van der Waals surface area (Å²) in [6.07, 6.45) is 0. The van der Waals surface area contributed by atoms with Crippen molar-refractivity contribution < 1.29 is 9.79 Å². The second kappa shape index (κ2) is 1.35. The van der Waals surface area contributed by atoms with Crippen LogP contribution in [0.2, 0.25) is 0 Å². The molecule has 0 aliphatic heterocycles. The fourth-order valence-electron chi connectivity index (χ4n) is 0. The third kappa shape index (κ3) is 92.9. The van der Waals surface area contributed by atoms with E-state index in [0.717, 1.165) is 6.66 Å². The summed E-state index contributed by atoms with van der Waals surface area (Å²) < 4.78 is 0. The lowest BCUT2D eigenvalue weighted by Gasteiger charge is -2.10. The number of rotatable bonds is 0. The normalized spacial score (nSPS) is 21.4. The summed E-state index contributed by atoms with van der Waals surface area (Å²) in [6, 6.07) is 0. The Morgan fingerprint density at radius 1 is 2.00 bits per heavy atom. The summed E-state index contributed by atoms with van der Waals surface area (Å²) in [5.74, 6) is 0. The zero-order valence-corrected chi connectivity index (χ0v) is 4.42. The first-order valence-electron chi connectivity index (χ1n) is 1.01. The Morgan fingerprint density at radius 3 is 2.00 bits per heavy atom. The molecule has 0 aromatic carbocycles. The van der Waals surface area contributed by atoms with Crippen molar-refractivity contribution in [1.82, 2.24) is 0 Å². The van der Waals surface area contributed by atoms with E-state index in [-0.39, 0.29) is 0 Å². The first-order chi connectivity index (χ1) is 2.00. The number of hydrogen-bond acceptors (Lipinski definition) is 2. The molecule has 1 atom stereocenters. The molecule has 0 heterocycles. The molecule has 1 unspecified atom stereocenters. The van der Waals surface area contributed by atoms with Gasteiger partial charge in [-0.3, -0.25) is 0 Å². The van der Waals surface area contributed by atoms with Crippen molar-refractivity contribution in [3.05, 3.63) is 0 Å². The van der Waals surface area contributed by atoms with Gasteiger partial charge in [0.05, 0.1) is 0 Å². The maximum atomic E-state index is 9.59. The third-order valence-electron chi connectivity index (χ3n) is 0. The van der Waals surface area contributed by atoms with Gasteiger partial charge in [-0.15, -0.1) is 0 Å². The van der Waals surface area contributed by atoms with Gasteiger partial charge in [0.25, 0.3) is 0 Å². The maximum absolute atomic E-state index is 9.59. The van der Waals surface area contributed by atoms with Gasteiger partial charge in [-0.2, -0.15) is 0 Å². The molecular weight excluding hydrogens is 107 g/mol. The average Bonchev–Trinajstić information content (AvgIpc) is 0.722. The predicted octanol–water partition coefficient (Wildman–Crippen LogP) is -0.722. The van der Waals surface area contributed by atoms with Gasteiger partial charge in [0.2, 0.25) is 0 Å². The van der Waals surface area contributed by atoms with E-state index in [4.69, 9.17) is 4.89 Å². The summed E-state index contributed by atoms with van der Waals surface area (Å²) in [7, 11) is 0. The molecule has 0 spiro atoms. The van der Waals surface area contributed by atoms with Crippen molar-refractivity contribution in [3.8, 4) is 0 Å². The molecular formula is CH4O2PS-. The Hall–Kier alpha value is 0.570. The molecule has 4 heteroatoms. The molecule has 0 aliphatic carbocycles. The van der Waals surface area contributed by atoms with Gasteiger partial charge in [0, 0.05) is 0 Å². The highest BCUT2D eigenvalue weighted by atomic mass is 32.5. The van der Waals surface area contributed by atoms with Crippen LogP contribution in [0, 0.1) is 0 Å². The molecule has 0 aromatic rings. The minimum atomic E-state index is -3.06. The molecule has 5 heavy (non-hydrogen) atoms. The lowest BCUT2D eigenvalue weighted by molar-refractivity contribution is -0.175. The monoisotopic (exact) mass is 111 g/mol. The Labute approximate surface area is 35.6 Å². The summed E-state index contributed by atoms with van der Waals surface area (Å²) in [6.45, 7) is -1.94. The fourth-order valence-corrected chi connectivity index (χ4v) is 0. The maximum Gasteiger partial charge on any atom is -0.0124 e. The van der Waals surface area contributed by atoms with Gasteiger partial charge < -0.3 is 9.79 Å². The van der Waals surface area contributed by atoms with Crippen LogP contribution in [0.3, 0.4) is 0 Å². The molecule has 0 bridgehead atoms. The van der Waals surface area contributed by atoms with Crippen molar-refractivity contribution in [3.63, 3.8) is 0 Å². The lowest BCUT2D eigenvalue weighted by Crippen LogP contribution is -1.93. The largest absolute Gasteiger partial charge is 0.801 e. The van der Waals surface area contributed by atoms with E-state index in [1.165, 1.54) is 0 Å². The predicted molar refractivity (Wildman–Crippen MR) is 22.4 cm³/mol. The van der Waals surface area contributed by atoms with Crippen LogP contribution < -0.4 is 4.89 Å². The topological polar surface area (TPSA) is 43.3 Å². The summed E-state index contributed by atoms with van der Waals surface area (Å²) in [5.41, 5.74) is 0. The molecule has 2 nitrogen and oxygen atoms in total. The molecule has 1 N–H and O–H groups in total. The van der Waals surface area contributed by atoms with E-state index in [2.05, 4.69) is 11.8 Å². The van der Waals surface area contributed by atoms with Crippen LogP contribution in [0.25, 0.3) is 0 Å². The second-order valence-corrected chi connectivity index (χ2v) is 4.44. The summed E-state index contributed by atoms with van der Waals surface area (Å²) >= 11 is 3.94. The van der Waals surface area contributed by atoms with E-state index >= 15 is 0 Å². The highest BCUT2D eigenvalue weighted by molar-refractivity contribution is 8.07. The average molecular weight is 111 g/mol. The molecule has 0 rings (SSSR count). The molecule has 0 amide bonds. The third-order valence-corrected chi connectivity index (χ3v) is 0. The summed E-state index contributed by atoms with van der Waals surface area (Å²) in [4.78, 5) is 17.5. The minimum Gasteiger partial charge on any atom is -0.801 e. The van der Waals surface area contributed by atoms with Crippen LogP contribution >= 0.6 is 6.49 Å². The highest BCUT2D eigenvalue weighted by Gasteiger charge is 1.72. The van der Waals surface area contributed by atoms with Crippen molar-refractivity contribution in [1.29, 1.82) is 0 Å². The molecule has 0 saturated heterocycles. The van der Waals surface area contributed by atoms with Crippen LogP contribution in [0.4, 0.5) is 0 Å². The van der Waals surface area contributed by atoms with E-state index in [9.17, 15) is 4.89 Å². The van der Waals surface area contributed by atoms with Gasteiger partial charge >= 0.3 is 0 Å². The van der Waals surface area contributed by atoms with E-state index in [1.807, 2.05) is 0 Å². The van der Waals surface area contributed by atoms with Gasteiger partial charge in [-0.1, -0.05) is 11.8 Å². The minimum absolute atomic E-state index is 1.11. The quantitative estimate of drug-likeness (QED) is 0.419. The van der Waals surface area contributed by atoms with Gasteiger partial charge in [0.15, 0.2) is 0 Å². The van der Waals surface area contributed by atoms with E-state index < -0.39 is 6.49 Å². The first-order valence-corrected chi connectivity index (χ1v) is 4.13. The van der Waals surface area contributed by atoms with Crippen LogP contribution in [0.15, 0.2) is 0 Å². The molecule has 0 aromatic heterocycles. The van der Waals surface area contributed by atoms with Crippen molar-refractivity contribution in [2.24, 2.45) is 0 Å². The zero-order valence-electron chi connectivity index (χ0n) is 2.71. The van der Waals surface area contributed by atoms with Crippen molar-refractivity contribution >= 4 is 18.3 Å². The SMILES string of the molecule is CP([O-])(O)=S. The smallest absolute Gasteiger partial charge is 0.0124 e. The first kappa shape index (κ1) is 5.57. The van der Waals surface area contributed by atoms with Gasteiger partial charge in [0.1, 0.15) is 0 Å². The van der Waals surface area contributed by atoms with Crippen LogP contribution in [0.1, 0.15) is 0 Å². The molecule has 0 radical (unpaired) electrons. The Balaban J connectivity index is 3.47. The van der Waals surface area contributed by atoms with Crippen LogP contribution in [0.5, 0.6) is 0 Å². The highest BCUT2D eigenvalue weighted by Crippen LogP contribution is 2.20. The lowest BCUT2D eigenvalue weighted by atomic mass is 12.0. The van der Waals surface area contributed by atoms with Crippen molar-refractivity contribution in [2.45, 2.75) is 0 Å². The molecule has 0 saturated carbocycles. The van der Waals surface area contributed by atoms with E-state index in [0.29, 0.717) is 0 Å². The number of hydrogen-bond donors (Lipinski definition) is 1. The Morgan fingerprint density at radius 2 is 2.00 bits per heavy atom. The molecule has 0 aliphatic rings. The van der Waals surface area contributed by atoms with Crippen LogP contribution in [-0.4, -0.2) is 11.6 Å². The van der Waals surface area contributed by atoms with Gasteiger partial charge in [-0.05, 0) is 13.2 Å². The van der Waals surface area contributed by atoms with Crippen molar-refractivity contribution in [2.75, 3.05) is 6.66 Å². The molecule has 0 fully saturated rings. The Kier molecular flexibility index (Phi) is 1.50. The molecule has 32 valence electrons. The summed E-state index contributed by atoms with van der Waals surface area (Å²) in [5, 5.41) is 0.